The molecule has 3 rings (SSSR count). The second-order valence-corrected chi connectivity index (χ2v) is 5.23. The lowest BCUT2D eigenvalue weighted by molar-refractivity contribution is -0.116. The van der Waals surface area contributed by atoms with Crippen molar-refractivity contribution in [3.8, 4) is 0 Å². The van der Waals surface area contributed by atoms with Gasteiger partial charge in [0.25, 0.3) is 5.56 Å². The monoisotopic (exact) mass is 299 g/mol. The van der Waals surface area contributed by atoms with Crippen LogP contribution in [-0.2, 0) is 11.3 Å². The molecule has 2 aromatic heterocycles. The molecule has 1 aliphatic rings. The second kappa shape index (κ2) is 6.43. The Morgan fingerprint density at radius 3 is 3.00 bits per heavy atom. The van der Waals surface area contributed by atoms with E-state index >= 15 is 0 Å². The zero-order chi connectivity index (χ0) is 15.4. The number of nitrogens with zero attached hydrogens (tertiary/aromatic N) is 2. The highest BCUT2D eigenvalue weighted by Crippen LogP contribution is 2.38. The average molecular weight is 299 g/mol. The Hall–Kier alpha value is -2.63. The Bertz CT molecular complexity index is 727. The third kappa shape index (κ3) is 3.72. The topological polar surface area (TPSA) is 77.1 Å². The number of rotatable bonds is 6. The first-order chi connectivity index (χ1) is 10.7. The molecule has 1 amide bonds. The van der Waals surface area contributed by atoms with E-state index in [1.165, 1.54) is 10.8 Å². The van der Waals surface area contributed by atoms with Gasteiger partial charge in [-0.05, 0) is 37.1 Å². The number of nitrogens with one attached hydrogen (secondary N) is 1. The van der Waals surface area contributed by atoms with Crippen LogP contribution in [0, 0.1) is 0 Å². The van der Waals surface area contributed by atoms with Gasteiger partial charge in [0.1, 0.15) is 5.76 Å². The molecule has 0 aromatic carbocycles. The lowest BCUT2D eigenvalue weighted by atomic mass is 10.3. The first-order valence-electron chi connectivity index (χ1n) is 7.30. The number of furan rings is 1. The van der Waals surface area contributed by atoms with Crippen LogP contribution in [0.1, 0.15) is 30.2 Å². The van der Waals surface area contributed by atoms with E-state index in [2.05, 4.69) is 10.4 Å². The van der Waals surface area contributed by atoms with Crippen LogP contribution >= 0.6 is 0 Å². The molecule has 0 aliphatic heterocycles. The van der Waals surface area contributed by atoms with Crippen LogP contribution in [0.3, 0.4) is 0 Å². The summed E-state index contributed by atoms with van der Waals surface area (Å²) in [5.41, 5.74) is 0.813. The Morgan fingerprint density at radius 1 is 1.41 bits per heavy atom. The van der Waals surface area contributed by atoms with Crippen LogP contribution in [0.4, 0.5) is 0 Å². The summed E-state index contributed by atoms with van der Waals surface area (Å²) in [6.07, 6.45) is 6.81. The predicted molar refractivity (Wildman–Crippen MR) is 81.2 cm³/mol. The number of amides is 1. The van der Waals surface area contributed by atoms with Crippen molar-refractivity contribution in [2.24, 2.45) is 0 Å². The molecule has 0 atom stereocenters. The summed E-state index contributed by atoms with van der Waals surface area (Å²) in [6, 6.07) is 6.85. The van der Waals surface area contributed by atoms with Gasteiger partial charge in [-0.3, -0.25) is 9.59 Å². The van der Waals surface area contributed by atoms with E-state index in [1.54, 1.807) is 36.6 Å². The van der Waals surface area contributed by atoms with Crippen molar-refractivity contribution < 1.29 is 9.21 Å². The van der Waals surface area contributed by atoms with Crippen LogP contribution in [0.25, 0.3) is 6.08 Å². The van der Waals surface area contributed by atoms with Gasteiger partial charge in [-0.15, -0.1) is 0 Å². The average Bonchev–Trinajstić information content (AvgIpc) is 3.23. The fourth-order valence-corrected chi connectivity index (χ4v) is 2.11. The Balaban J connectivity index is 1.51. The van der Waals surface area contributed by atoms with Crippen molar-refractivity contribution in [3.05, 3.63) is 58.4 Å². The molecule has 0 unspecified atom stereocenters. The Morgan fingerprint density at radius 2 is 2.27 bits per heavy atom. The molecule has 0 spiro atoms. The van der Waals surface area contributed by atoms with Gasteiger partial charge in [0.15, 0.2) is 0 Å². The van der Waals surface area contributed by atoms with Crippen LogP contribution in [0.15, 0.2) is 45.8 Å². The molecule has 1 N–H and O–H groups in total. The molecule has 114 valence electrons. The van der Waals surface area contributed by atoms with E-state index in [1.807, 2.05) is 0 Å². The quantitative estimate of drug-likeness (QED) is 0.821. The summed E-state index contributed by atoms with van der Waals surface area (Å²) < 4.78 is 6.50. The summed E-state index contributed by atoms with van der Waals surface area (Å²) in [7, 11) is 0. The highest BCUT2D eigenvalue weighted by molar-refractivity contribution is 5.91. The van der Waals surface area contributed by atoms with Gasteiger partial charge in [0.05, 0.1) is 18.5 Å². The molecule has 1 aliphatic carbocycles. The molecule has 22 heavy (non-hydrogen) atoms. The first kappa shape index (κ1) is 14.3. The highest BCUT2D eigenvalue weighted by Gasteiger charge is 2.25. The molecule has 2 aromatic rings. The van der Waals surface area contributed by atoms with Gasteiger partial charge >= 0.3 is 0 Å². The molecular weight excluding hydrogens is 282 g/mol. The maximum atomic E-state index is 11.7. The van der Waals surface area contributed by atoms with Crippen molar-refractivity contribution in [3.63, 3.8) is 0 Å². The fraction of sp³-hybridized carbons (Fsp3) is 0.312. The molecule has 0 radical (unpaired) electrons. The van der Waals surface area contributed by atoms with Crippen molar-refractivity contribution in [1.29, 1.82) is 0 Å². The smallest absolute Gasteiger partial charge is 0.266 e. The maximum Gasteiger partial charge on any atom is 0.266 e. The summed E-state index contributed by atoms with van der Waals surface area (Å²) in [4.78, 5) is 23.4. The van der Waals surface area contributed by atoms with E-state index in [0.29, 0.717) is 24.8 Å². The normalized spacial score (nSPS) is 14.4. The Kier molecular flexibility index (Phi) is 4.18. The van der Waals surface area contributed by atoms with Crippen LogP contribution < -0.4 is 10.9 Å². The largest absolute Gasteiger partial charge is 0.465 e. The minimum atomic E-state index is -0.234. The number of hydrogen-bond donors (Lipinski definition) is 1. The van der Waals surface area contributed by atoms with E-state index < -0.39 is 0 Å². The van der Waals surface area contributed by atoms with E-state index in [9.17, 15) is 9.59 Å². The van der Waals surface area contributed by atoms with Gasteiger partial charge in [0, 0.05) is 24.6 Å². The fourth-order valence-electron chi connectivity index (χ4n) is 2.11. The number of aromatic nitrogens is 2. The first-order valence-corrected chi connectivity index (χ1v) is 7.30. The van der Waals surface area contributed by atoms with E-state index in [0.717, 1.165) is 18.5 Å². The van der Waals surface area contributed by atoms with Crippen LogP contribution in [0.5, 0.6) is 0 Å². The SMILES string of the molecule is O=C(/C=C/c1ccco1)NCCn1nc(C2CC2)ccc1=O. The third-order valence-corrected chi connectivity index (χ3v) is 3.45. The highest BCUT2D eigenvalue weighted by atomic mass is 16.3. The minimum absolute atomic E-state index is 0.148. The lowest BCUT2D eigenvalue weighted by Crippen LogP contribution is -2.31. The lowest BCUT2D eigenvalue weighted by Gasteiger charge is -2.06. The molecule has 1 saturated carbocycles. The van der Waals surface area contributed by atoms with Gasteiger partial charge in [0.2, 0.25) is 5.91 Å². The molecule has 2 heterocycles. The summed E-state index contributed by atoms with van der Waals surface area (Å²) in [5, 5.41) is 7.06. The molecule has 0 saturated heterocycles. The van der Waals surface area contributed by atoms with E-state index in [-0.39, 0.29) is 11.5 Å². The minimum Gasteiger partial charge on any atom is -0.465 e. The molecule has 0 bridgehead atoms. The van der Waals surface area contributed by atoms with Crippen LogP contribution in [0.2, 0.25) is 0 Å². The van der Waals surface area contributed by atoms with Gasteiger partial charge in [-0.25, -0.2) is 4.68 Å². The van der Waals surface area contributed by atoms with Crippen molar-refractivity contribution in [2.75, 3.05) is 6.54 Å². The van der Waals surface area contributed by atoms with E-state index in [4.69, 9.17) is 4.42 Å². The van der Waals surface area contributed by atoms with Gasteiger partial charge in [-0.1, -0.05) is 0 Å². The Labute approximate surface area is 127 Å². The second-order valence-electron chi connectivity index (χ2n) is 5.23. The standard InChI is InChI=1S/C16H17N3O3/c20-15(7-5-13-2-1-11-22-13)17-9-10-19-16(21)8-6-14(18-19)12-3-4-12/h1-2,5-8,11-12H,3-4,9-10H2,(H,17,20)/b7-5+. The third-order valence-electron chi connectivity index (χ3n) is 3.45. The zero-order valence-electron chi connectivity index (χ0n) is 12.1. The molecular formula is C16H17N3O3. The van der Waals surface area contributed by atoms with Crippen molar-refractivity contribution in [2.45, 2.75) is 25.3 Å². The van der Waals surface area contributed by atoms with Crippen molar-refractivity contribution in [1.82, 2.24) is 15.1 Å². The van der Waals surface area contributed by atoms with Crippen LogP contribution in [-0.4, -0.2) is 22.2 Å². The zero-order valence-corrected chi connectivity index (χ0v) is 12.1. The molecule has 6 heteroatoms. The molecule has 6 nitrogen and oxygen atoms in total. The van der Waals surface area contributed by atoms with Crippen molar-refractivity contribution >= 4 is 12.0 Å². The number of hydrogen-bond acceptors (Lipinski definition) is 4. The summed E-state index contributed by atoms with van der Waals surface area (Å²) in [6.45, 7) is 0.710. The number of carbonyl (C=O) groups is 1. The maximum absolute atomic E-state index is 11.7. The van der Waals surface area contributed by atoms with Gasteiger partial charge < -0.3 is 9.73 Å². The molecule has 1 fully saturated rings. The number of carbonyl (C=O) groups excluding carboxylic acids is 1. The predicted octanol–water partition coefficient (Wildman–Crippen LogP) is 1.54. The summed E-state index contributed by atoms with van der Waals surface area (Å²) >= 11 is 0. The summed E-state index contributed by atoms with van der Waals surface area (Å²) in [5.74, 6) is 0.880. The van der Waals surface area contributed by atoms with Gasteiger partial charge in [-0.2, -0.15) is 5.10 Å².